The maximum atomic E-state index is 13.6. The number of halogens is 2. The van der Waals surface area contributed by atoms with Crippen LogP contribution in [0, 0.1) is 0 Å². The summed E-state index contributed by atoms with van der Waals surface area (Å²) >= 11 is 13.5. The molecule has 0 spiro atoms. The van der Waals surface area contributed by atoms with Crippen LogP contribution in [0.4, 0.5) is 11.4 Å². The number of amides is 2. The average Bonchev–Trinajstić information content (AvgIpc) is 2.91. The number of carbonyl (C=O) groups is 2. The molecule has 0 aromatic heterocycles. The van der Waals surface area contributed by atoms with Gasteiger partial charge < -0.3 is 4.90 Å². The zero-order chi connectivity index (χ0) is 21.8. The number of benzene rings is 3. The molecule has 3 aromatic carbocycles. The van der Waals surface area contributed by atoms with Gasteiger partial charge in [-0.15, -0.1) is 0 Å². The normalized spacial score (nSPS) is 24.0. The van der Waals surface area contributed by atoms with E-state index in [1.807, 2.05) is 79.7 Å². The van der Waals surface area contributed by atoms with Gasteiger partial charge in [0.2, 0.25) is 4.33 Å². The maximum absolute atomic E-state index is 13.6. The van der Waals surface area contributed by atoms with Crippen molar-refractivity contribution in [3.8, 4) is 0 Å². The van der Waals surface area contributed by atoms with Crippen LogP contribution in [0.3, 0.4) is 0 Å². The van der Waals surface area contributed by atoms with Gasteiger partial charge in [-0.2, -0.15) is 0 Å². The Morgan fingerprint density at radius 1 is 0.871 bits per heavy atom. The van der Waals surface area contributed by atoms with Crippen LogP contribution in [0.5, 0.6) is 0 Å². The van der Waals surface area contributed by atoms with E-state index in [-0.39, 0.29) is 17.9 Å². The number of alkyl halides is 2. The van der Waals surface area contributed by atoms with E-state index < -0.39 is 9.87 Å². The van der Waals surface area contributed by atoms with Crippen molar-refractivity contribution in [3.63, 3.8) is 0 Å². The van der Waals surface area contributed by atoms with Crippen molar-refractivity contribution >= 4 is 46.4 Å². The van der Waals surface area contributed by atoms with Crippen LogP contribution < -0.4 is 9.80 Å². The molecule has 31 heavy (non-hydrogen) atoms. The Hall–Kier alpha value is -2.82. The molecule has 2 atom stereocenters. The Labute approximate surface area is 191 Å². The summed E-state index contributed by atoms with van der Waals surface area (Å²) in [5.41, 5.74) is 1.72. The van der Waals surface area contributed by atoms with E-state index in [9.17, 15) is 9.59 Å². The van der Waals surface area contributed by atoms with Crippen molar-refractivity contribution in [2.75, 3.05) is 9.80 Å². The summed E-state index contributed by atoms with van der Waals surface area (Å²) in [5.74, 6) is -0.512. The largest absolute Gasteiger partial charge is 0.303 e. The fraction of sp³-hybridized carbons (Fsp3) is 0.200. The molecule has 0 bridgehead atoms. The highest BCUT2D eigenvalue weighted by Crippen LogP contribution is 2.62. The molecule has 0 radical (unpaired) electrons. The van der Waals surface area contributed by atoms with Crippen LogP contribution in [-0.2, 0) is 10.3 Å². The second kappa shape index (κ2) is 7.11. The first-order valence-electron chi connectivity index (χ1n) is 10.2. The summed E-state index contributed by atoms with van der Waals surface area (Å²) in [4.78, 5) is 30.3. The minimum atomic E-state index is -1.64. The summed E-state index contributed by atoms with van der Waals surface area (Å²) in [6.07, 6.45) is 0.392. The number of hydrogen-bond donors (Lipinski definition) is 0. The van der Waals surface area contributed by atoms with Gasteiger partial charge in [0, 0.05) is 11.6 Å². The Balaban J connectivity index is 1.74. The van der Waals surface area contributed by atoms with Gasteiger partial charge in [0.25, 0.3) is 11.8 Å². The SMILES string of the molecule is C[C@H]1C[C@]2(c3ccccc3)N(C(=O)C2(Cl)Cl)c2ccccc2N1C(=O)c1ccccc1. The Kier molecular flexibility index (Phi) is 4.61. The van der Waals surface area contributed by atoms with Crippen LogP contribution in [0.2, 0.25) is 0 Å². The molecule has 1 saturated heterocycles. The summed E-state index contributed by atoms with van der Waals surface area (Å²) in [5, 5.41) is 0. The minimum absolute atomic E-state index is 0.131. The van der Waals surface area contributed by atoms with E-state index in [4.69, 9.17) is 23.2 Å². The number of hydrogen-bond acceptors (Lipinski definition) is 2. The van der Waals surface area contributed by atoms with Gasteiger partial charge >= 0.3 is 0 Å². The van der Waals surface area contributed by atoms with Crippen molar-refractivity contribution < 1.29 is 9.59 Å². The molecule has 4 nitrogen and oxygen atoms in total. The first-order valence-corrected chi connectivity index (χ1v) is 10.9. The lowest BCUT2D eigenvalue weighted by molar-refractivity contribution is -0.129. The van der Waals surface area contributed by atoms with Gasteiger partial charge in [-0.05, 0) is 43.2 Å². The van der Waals surface area contributed by atoms with Crippen molar-refractivity contribution in [1.29, 1.82) is 0 Å². The number of rotatable bonds is 2. The van der Waals surface area contributed by atoms with E-state index in [1.54, 1.807) is 21.9 Å². The molecule has 156 valence electrons. The molecule has 2 heterocycles. The zero-order valence-electron chi connectivity index (χ0n) is 16.8. The lowest BCUT2D eigenvalue weighted by atomic mass is 9.72. The van der Waals surface area contributed by atoms with Crippen molar-refractivity contribution in [2.24, 2.45) is 0 Å². The van der Waals surface area contributed by atoms with Gasteiger partial charge in [-0.1, -0.05) is 83.9 Å². The predicted molar refractivity (Wildman–Crippen MR) is 124 cm³/mol. The average molecular weight is 451 g/mol. The summed E-state index contributed by atoms with van der Waals surface area (Å²) in [7, 11) is 0. The molecule has 2 aliphatic rings. The first-order chi connectivity index (χ1) is 14.9. The fourth-order valence-electron chi connectivity index (χ4n) is 4.90. The van der Waals surface area contributed by atoms with E-state index in [0.29, 0.717) is 23.4 Å². The Morgan fingerprint density at radius 2 is 1.42 bits per heavy atom. The van der Waals surface area contributed by atoms with E-state index in [1.165, 1.54) is 0 Å². The highest BCUT2D eigenvalue weighted by atomic mass is 35.5. The smallest absolute Gasteiger partial charge is 0.267 e. The van der Waals surface area contributed by atoms with Crippen LogP contribution >= 0.6 is 23.2 Å². The molecule has 1 fully saturated rings. The Bertz CT molecular complexity index is 1170. The third kappa shape index (κ3) is 2.68. The topological polar surface area (TPSA) is 40.6 Å². The first kappa shape index (κ1) is 20.1. The highest BCUT2D eigenvalue weighted by Gasteiger charge is 2.73. The molecule has 6 heteroatoms. The van der Waals surface area contributed by atoms with Crippen molar-refractivity contribution in [3.05, 3.63) is 96.1 Å². The Morgan fingerprint density at radius 3 is 2.06 bits per heavy atom. The molecule has 2 aliphatic heterocycles. The predicted octanol–water partition coefficient (Wildman–Crippen LogP) is 5.54. The molecule has 0 N–H and O–H groups in total. The van der Waals surface area contributed by atoms with Gasteiger partial charge in [0.05, 0.1) is 11.4 Å². The maximum Gasteiger partial charge on any atom is 0.267 e. The lowest BCUT2D eigenvalue weighted by Gasteiger charge is -2.59. The van der Waals surface area contributed by atoms with Gasteiger partial charge in [0.15, 0.2) is 0 Å². The van der Waals surface area contributed by atoms with Crippen LogP contribution in [0.25, 0.3) is 0 Å². The second-order valence-electron chi connectivity index (χ2n) is 8.02. The number of anilines is 2. The summed E-state index contributed by atoms with van der Waals surface area (Å²) in [6, 6.07) is 25.9. The second-order valence-corrected chi connectivity index (χ2v) is 9.35. The number of fused-ring (bicyclic) bond motifs is 3. The van der Waals surface area contributed by atoms with Crippen LogP contribution in [0.15, 0.2) is 84.9 Å². The monoisotopic (exact) mass is 450 g/mol. The lowest BCUT2D eigenvalue weighted by Crippen LogP contribution is -2.76. The van der Waals surface area contributed by atoms with E-state index in [2.05, 4.69) is 0 Å². The number of para-hydroxylation sites is 2. The fourth-order valence-corrected chi connectivity index (χ4v) is 5.61. The molecule has 0 aliphatic carbocycles. The third-order valence-corrected chi connectivity index (χ3v) is 7.23. The third-order valence-electron chi connectivity index (χ3n) is 6.28. The highest BCUT2D eigenvalue weighted by molar-refractivity contribution is 6.63. The van der Waals surface area contributed by atoms with Crippen molar-refractivity contribution in [2.45, 2.75) is 29.3 Å². The molecule has 2 amide bonds. The number of nitrogens with zero attached hydrogens (tertiary/aromatic N) is 2. The van der Waals surface area contributed by atoms with Gasteiger partial charge in [0.1, 0.15) is 5.54 Å². The molecule has 5 rings (SSSR count). The summed E-state index contributed by atoms with van der Waals surface area (Å²) in [6.45, 7) is 1.97. The molecule has 0 saturated carbocycles. The number of carbonyl (C=O) groups excluding carboxylic acids is 2. The minimum Gasteiger partial charge on any atom is -0.303 e. The molecule has 3 aromatic rings. The molecule has 0 unspecified atom stereocenters. The van der Waals surface area contributed by atoms with E-state index >= 15 is 0 Å². The standard InChI is InChI=1S/C25H20Cl2N2O2/c1-17-16-24(19-12-6-3-7-13-19)25(26,27)23(31)29(24)21-15-9-8-14-20(21)28(17)22(30)18-10-4-2-5-11-18/h2-15,17H,16H2,1H3/t17-,24+/m0/s1. The van der Waals surface area contributed by atoms with E-state index in [0.717, 1.165) is 5.56 Å². The molecular weight excluding hydrogens is 431 g/mol. The van der Waals surface area contributed by atoms with Crippen LogP contribution in [0.1, 0.15) is 29.3 Å². The molecular formula is C25H20Cl2N2O2. The van der Waals surface area contributed by atoms with Gasteiger partial charge in [-0.3, -0.25) is 14.5 Å². The summed E-state index contributed by atoms with van der Waals surface area (Å²) < 4.78 is -1.64. The quantitative estimate of drug-likeness (QED) is 0.379. The number of β-lactam (4-membered cyclic amide) rings is 1. The zero-order valence-corrected chi connectivity index (χ0v) is 18.3. The van der Waals surface area contributed by atoms with Crippen molar-refractivity contribution in [1.82, 2.24) is 0 Å². The van der Waals surface area contributed by atoms with Gasteiger partial charge in [-0.25, -0.2) is 0 Å². The van der Waals surface area contributed by atoms with Crippen LogP contribution in [-0.4, -0.2) is 22.2 Å².